The quantitative estimate of drug-likeness (QED) is 0.777. The van der Waals surface area contributed by atoms with Crippen LogP contribution in [0.3, 0.4) is 0 Å². The second-order valence-corrected chi connectivity index (χ2v) is 6.59. The summed E-state index contributed by atoms with van der Waals surface area (Å²) in [7, 11) is 0. The van der Waals surface area contributed by atoms with Gasteiger partial charge >= 0.3 is 5.97 Å². The molecule has 3 rings (SSSR count). The maximum atomic E-state index is 13.0. The Balaban J connectivity index is 1.49. The van der Waals surface area contributed by atoms with E-state index < -0.39 is 30.2 Å². The molecule has 0 saturated carbocycles. The Labute approximate surface area is 162 Å². The molecule has 0 aromatic heterocycles. The molecule has 1 N–H and O–H groups in total. The Morgan fingerprint density at radius 2 is 1.82 bits per heavy atom. The topological polar surface area (TPSA) is 75.7 Å². The molecule has 2 aromatic rings. The number of nitrogens with zero attached hydrogens (tertiary/aromatic N) is 1. The molecule has 0 radical (unpaired) electrons. The van der Waals surface area contributed by atoms with Crippen molar-refractivity contribution < 1.29 is 23.5 Å². The third kappa shape index (κ3) is 4.73. The minimum atomic E-state index is -0.658. The molecule has 2 aromatic carbocycles. The van der Waals surface area contributed by atoms with Gasteiger partial charge in [0.15, 0.2) is 6.61 Å². The number of carbonyl (C=O) groups excluding carboxylic acids is 3. The predicted molar refractivity (Wildman–Crippen MR) is 102 cm³/mol. The number of hydrogen-bond acceptors (Lipinski definition) is 4. The van der Waals surface area contributed by atoms with Gasteiger partial charge in [0.1, 0.15) is 5.82 Å². The number of amides is 2. The van der Waals surface area contributed by atoms with E-state index in [1.54, 1.807) is 12.1 Å². The van der Waals surface area contributed by atoms with Gasteiger partial charge in [0, 0.05) is 24.3 Å². The molecule has 1 aliphatic heterocycles. The fourth-order valence-corrected chi connectivity index (χ4v) is 3.01. The highest BCUT2D eigenvalue weighted by Crippen LogP contribution is 2.26. The van der Waals surface area contributed by atoms with Gasteiger partial charge in [-0.05, 0) is 48.4 Å². The van der Waals surface area contributed by atoms with Gasteiger partial charge in [0.05, 0.1) is 5.92 Å². The highest BCUT2D eigenvalue weighted by molar-refractivity contribution is 6.00. The average Bonchev–Trinajstić information content (AvgIpc) is 3.09. The summed E-state index contributed by atoms with van der Waals surface area (Å²) < 4.78 is 18.1. The minimum Gasteiger partial charge on any atom is -0.455 e. The predicted octanol–water partition coefficient (Wildman–Crippen LogP) is 2.92. The zero-order chi connectivity index (χ0) is 20.1. The molecule has 0 bridgehead atoms. The lowest BCUT2D eigenvalue weighted by Crippen LogP contribution is -2.28. The van der Waals surface area contributed by atoms with Crippen LogP contribution in [0.4, 0.5) is 15.8 Å². The van der Waals surface area contributed by atoms with Crippen molar-refractivity contribution in [3.8, 4) is 0 Å². The molecule has 0 unspecified atom stereocenters. The van der Waals surface area contributed by atoms with Gasteiger partial charge in [0.25, 0.3) is 5.91 Å². The molecule has 1 atom stereocenters. The lowest BCUT2D eigenvalue weighted by molar-refractivity contribution is -0.151. The van der Waals surface area contributed by atoms with E-state index in [0.29, 0.717) is 11.4 Å². The third-order valence-corrected chi connectivity index (χ3v) is 4.59. The summed E-state index contributed by atoms with van der Waals surface area (Å²) in [5.74, 6) is -2.35. The smallest absolute Gasteiger partial charge is 0.311 e. The summed E-state index contributed by atoms with van der Waals surface area (Å²) in [6.45, 7) is 1.76. The molecule has 7 heteroatoms. The number of aryl methyl sites for hydroxylation is 1. The molecule has 1 aliphatic rings. The van der Waals surface area contributed by atoms with Crippen LogP contribution < -0.4 is 10.2 Å². The summed E-state index contributed by atoms with van der Waals surface area (Å²) in [6.07, 6.45) is 0.900. The number of ether oxygens (including phenoxy) is 1. The van der Waals surface area contributed by atoms with E-state index >= 15 is 0 Å². The maximum absolute atomic E-state index is 13.0. The summed E-state index contributed by atoms with van der Waals surface area (Å²) in [6, 6.07) is 12.9. The van der Waals surface area contributed by atoms with Gasteiger partial charge < -0.3 is 15.0 Å². The monoisotopic (exact) mass is 384 g/mol. The van der Waals surface area contributed by atoms with E-state index in [2.05, 4.69) is 5.32 Å². The minimum absolute atomic E-state index is 0.00366. The van der Waals surface area contributed by atoms with Crippen molar-refractivity contribution in [2.75, 3.05) is 23.4 Å². The van der Waals surface area contributed by atoms with E-state index in [1.807, 2.05) is 19.1 Å². The Morgan fingerprint density at radius 1 is 1.14 bits per heavy atom. The number of rotatable bonds is 6. The molecular weight excluding hydrogens is 363 g/mol. The zero-order valence-corrected chi connectivity index (χ0v) is 15.5. The lowest BCUT2D eigenvalue weighted by Gasteiger charge is -2.16. The fourth-order valence-electron chi connectivity index (χ4n) is 3.01. The van der Waals surface area contributed by atoms with Crippen LogP contribution in [0.25, 0.3) is 0 Å². The SMILES string of the molecule is CCc1ccc(NC(=O)COC(=O)[C@@H]2CC(=O)N(c3ccc(F)cc3)C2)cc1. The van der Waals surface area contributed by atoms with Gasteiger partial charge in [-0.25, -0.2) is 4.39 Å². The summed E-state index contributed by atoms with van der Waals surface area (Å²) in [4.78, 5) is 37.8. The van der Waals surface area contributed by atoms with Crippen molar-refractivity contribution in [1.82, 2.24) is 0 Å². The van der Waals surface area contributed by atoms with Crippen LogP contribution in [-0.2, 0) is 25.5 Å². The summed E-state index contributed by atoms with van der Waals surface area (Å²) >= 11 is 0. The Hall–Kier alpha value is -3.22. The largest absolute Gasteiger partial charge is 0.455 e. The fraction of sp³-hybridized carbons (Fsp3) is 0.286. The number of esters is 1. The first-order valence-corrected chi connectivity index (χ1v) is 9.07. The van der Waals surface area contributed by atoms with Crippen molar-refractivity contribution in [3.05, 3.63) is 59.9 Å². The van der Waals surface area contributed by atoms with Crippen LogP contribution in [-0.4, -0.2) is 30.9 Å². The first-order valence-electron chi connectivity index (χ1n) is 9.07. The normalized spacial score (nSPS) is 16.1. The maximum Gasteiger partial charge on any atom is 0.311 e. The Morgan fingerprint density at radius 3 is 2.46 bits per heavy atom. The van der Waals surface area contributed by atoms with Crippen molar-refractivity contribution in [2.24, 2.45) is 5.92 Å². The number of hydrogen-bond donors (Lipinski definition) is 1. The Kier molecular flexibility index (Phi) is 6.03. The van der Waals surface area contributed by atoms with Crippen molar-refractivity contribution in [1.29, 1.82) is 0 Å². The van der Waals surface area contributed by atoms with E-state index in [4.69, 9.17) is 4.74 Å². The van der Waals surface area contributed by atoms with Gasteiger partial charge in [-0.3, -0.25) is 14.4 Å². The third-order valence-electron chi connectivity index (χ3n) is 4.59. The molecule has 1 fully saturated rings. The second-order valence-electron chi connectivity index (χ2n) is 6.59. The molecule has 1 heterocycles. The van der Waals surface area contributed by atoms with Crippen molar-refractivity contribution in [3.63, 3.8) is 0 Å². The molecule has 1 saturated heterocycles. The summed E-state index contributed by atoms with van der Waals surface area (Å²) in [5.41, 5.74) is 2.30. The van der Waals surface area contributed by atoms with E-state index in [-0.39, 0.29) is 18.9 Å². The van der Waals surface area contributed by atoms with Crippen LogP contribution in [0, 0.1) is 11.7 Å². The van der Waals surface area contributed by atoms with Crippen LogP contribution in [0.5, 0.6) is 0 Å². The van der Waals surface area contributed by atoms with Crippen molar-refractivity contribution >= 4 is 29.2 Å². The first kappa shape index (κ1) is 19.5. The molecule has 6 nitrogen and oxygen atoms in total. The highest BCUT2D eigenvalue weighted by atomic mass is 19.1. The van der Waals surface area contributed by atoms with Gasteiger partial charge in [-0.1, -0.05) is 19.1 Å². The molecule has 0 aliphatic carbocycles. The molecular formula is C21H21FN2O4. The highest BCUT2D eigenvalue weighted by Gasteiger charge is 2.36. The van der Waals surface area contributed by atoms with E-state index in [0.717, 1.165) is 12.0 Å². The Bertz CT molecular complexity index is 865. The zero-order valence-electron chi connectivity index (χ0n) is 15.5. The van der Waals surface area contributed by atoms with Crippen LogP contribution in [0.15, 0.2) is 48.5 Å². The average molecular weight is 384 g/mol. The standard InChI is InChI=1S/C21H21FN2O4/c1-2-14-3-7-17(8-4-14)23-19(25)13-28-21(27)15-11-20(26)24(12-15)18-9-5-16(22)6-10-18/h3-10,15H,2,11-13H2,1H3,(H,23,25)/t15-/m1/s1. The molecule has 28 heavy (non-hydrogen) atoms. The number of anilines is 2. The van der Waals surface area contributed by atoms with Crippen LogP contribution in [0.1, 0.15) is 18.9 Å². The second kappa shape index (κ2) is 8.65. The number of carbonyl (C=O) groups is 3. The number of halogens is 1. The molecule has 146 valence electrons. The van der Waals surface area contributed by atoms with Gasteiger partial charge in [-0.15, -0.1) is 0 Å². The van der Waals surface area contributed by atoms with Gasteiger partial charge in [0.2, 0.25) is 5.91 Å². The van der Waals surface area contributed by atoms with Gasteiger partial charge in [-0.2, -0.15) is 0 Å². The summed E-state index contributed by atoms with van der Waals surface area (Å²) in [5, 5.41) is 2.66. The molecule has 0 spiro atoms. The lowest BCUT2D eigenvalue weighted by atomic mass is 10.1. The number of benzene rings is 2. The number of nitrogens with one attached hydrogen (secondary N) is 1. The van der Waals surface area contributed by atoms with Crippen molar-refractivity contribution in [2.45, 2.75) is 19.8 Å². The van der Waals surface area contributed by atoms with E-state index in [9.17, 15) is 18.8 Å². The van der Waals surface area contributed by atoms with E-state index in [1.165, 1.54) is 29.2 Å². The van der Waals surface area contributed by atoms with Crippen LogP contribution >= 0.6 is 0 Å². The van der Waals surface area contributed by atoms with Crippen LogP contribution in [0.2, 0.25) is 0 Å². The molecule has 2 amide bonds. The first-order chi connectivity index (χ1) is 13.5.